The predicted molar refractivity (Wildman–Crippen MR) is 129 cm³/mol. The lowest BCUT2D eigenvalue weighted by Crippen LogP contribution is -2.16. The van der Waals surface area contributed by atoms with Gasteiger partial charge in [-0.15, -0.1) is 13.2 Å². The van der Waals surface area contributed by atoms with Gasteiger partial charge in [0.25, 0.3) is 0 Å². The maximum Gasteiger partial charge on any atom is 0.573 e. The minimum Gasteiger partial charge on any atom is -0.406 e. The molecule has 0 bridgehead atoms. The van der Waals surface area contributed by atoms with Crippen molar-refractivity contribution in [3.8, 4) is 5.75 Å². The van der Waals surface area contributed by atoms with E-state index >= 15 is 0 Å². The molecular formula is C23H18F3N4OPS. The molecule has 2 aromatic carbocycles. The fraction of sp³-hybridized carbons (Fsp3) is 0.0870. The van der Waals surface area contributed by atoms with Crippen molar-refractivity contribution in [1.29, 1.82) is 0 Å². The lowest BCUT2D eigenvalue weighted by atomic mass is 10.1. The lowest BCUT2D eigenvalue weighted by Gasteiger charge is -2.08. The van der Waals surface area contributed by atoms with Crippen molar-refractivity contribution in [3.63, 3.8) is 0 Å². The molecule has 0 amide bonds. The summed E-state index contributed by atoms with van der Waals surface area (Å²) >= 11 is 1.23. The first-order chi connectivity index (χ1) is 15.9. The van der Waals surface area contributed by atoms with Crippen molar-refractivity contribution >= 4 is 41.1 Å². The first kappa shape index (κ1) is 22.9. The van der Waals surface area contributed by atoms with Crippen molar-refractivity contribution in [2.75, 3.05) is 11.5 Å². The highest BCUT2D eigenvalue weighted by Gasteiger charge is 2.31. The van der Waals surface area contributed by atoms with Crippen molar-refractivity contribution in [2.24, 2.45) is 4.76 Å². The fourth-order valence-corrected chi connectivity index (χ4v) is 4.63. The van der Waals surface area contributed by atoms with Gasteiger partial charge in [-0.25, -0.2) is 4.98 Å². The number of anilines is 1. The second-order valence-corrected chi connectivity index (χ2v) is 8.73. The van der Waals surface area contributed by atoms with Crippen molar-refractivity contribution in [1.82, 2.24) is 9.97 Å². The van der Waals surface area contributed by atoms with Gasteiger partial charge in [-0.3, -0.25) is 9.75 Å². The zero-order valence-corrected chi connectivity index (χ0v) is 19.0. The van der Waals surface area contributed by atoms with Gasteiger partial charge in [0.2, 0.25) is 0 Å². The molecule has 0 spiro atoms. The zero-order chi connectivity index (χ0) is 23.3. The summed E-state index contributed by atoms with van der Waals surface area (Å²) in [7, 11) is 0.194. The lowest BCUT2D eigenvalue weighted by molar-refractivity contribution is -0.274. The number of hydrogen-bond donors (Lipinski definition) is 1. The summed E-state index contributed by atoms with van der Waals surface area (Å²) in [5, 5.41) is 3.67. The molecule has 33 heavy (non-hydrogen) atoms. The number of ether oxygens (including phenoxy) is 1. The Morgan fingerprint density at radius 1 is 1.09 bits per heavy atom. The summed E-state index contributed by atoms with van der Waals surface area (Å²) in [5.41, 5.74) is 3.85. The molecule has 0 radical (unpaired) electrons. The molecule has 168 valence electrons. The van der Waals surface area contributed by atoms with Gasteiger partial charge in [-0.05, 0) is 24.3 Å². The van der Waals surface area contributed by atoms with Crippen LogP contribution in [0.3, 0.4) is 0 Å². The summed E-state index contributed by atoms with van der Waals surface area (Å²) in [6.45, 7) is 4.03. The maximum absolute atomic E-state index is 12.4. The van der Waals surface area contributed by atoms with Gasteiger partial charge < -0.3 is 10.1 Å². The highest BCUT2D eigenvalue weighted by molar-refractivity contribution is 7.37. The molecule has 0 saturated carbocycles. The minimum atomic E-state index is -4.73. The van der Waals surface area contributed by atoms with E-state index in [2.05, 4.69) is 26.6 Å². The van der Waals surface area contributed by atoms with Gasteiger partial charge in [0.15, 0.2) is 5.13 Å². The van der Waals surface area contributed by atoms with E-state index < -0.39 is 6.36 Å². The number of hydrogen-bond acceptors (Lipinski definition) is 6. The Morgan fingerprint density at radius 2 is 1.88 bits per heavy atom. The van der Waals surface area contributed by atoms with E-state index in [-0.39, 0.29) is 14.5 Å². The molecule has 10 heteroatoms. The van der Waals surface area contributed by atoms with Crippen LogP contribution >= 0.6 is 20.1 Å². The van der Waals surface area contributed by atoms with Crippen molar-refractivity contribution in [3.05, 3.63) is 96.5 Å². The number of nitrogens with zero attached hydrogens (tertiary/aromatic N) is 3. The van der Waals surface area contributed by atoms with E-state index in [1.807, 2.05) is 48.5 Å². The summed E-state index contributed by atoms with van der Waals surface area (Å²) in [5.74, 6) is -0.275. The molecule has 0 aliphatic rings. The van der Waals surface area contributed by atoms with Gasteiger partial charge >= 0.3 is 6.36 Å². The number of nitrogens with one attached hydrogen (secondary N) is 1. The van der Waals surface area contributed by atoms with E-state index in [1.54, 1.807) is 6.20 Å². The molecule has 2 aromatic heterocycles. The molecule has 1 atom stereocenters. The molecule has 5 nitrogen and oxygen atoms in total. The Kier molecular flexibility index (Phi) is 7.01. The van der Waals surface area contributed by atoms with Gasteiger partial charge in [-0.1, -0.05) is 54.3 Å². The summed E-state index contributed by atoms with van der Waals surface area (Å²) in [6.07, 6.45) is -2.43. The average Bonchev–Trinajstić information content (AvgIpc) is 3.18. The van der Waals surface area contributed by atoms with E-state index in [1.165, 1.54) is 29.5 Å². The minimum absolute atomic E-state index is 0.194. The average molecular weight is 486 g/mol. The smallest absolute Gasteiger partial charge is 0.406 e. The standard InChI is InChI=1S/C23H18F3N4OPS/c1-15(28-22-29-18-11-10-17(13-20(18)33-22)31-23(24,25)26)14-32-30-21(16-7-3-2-4-8-16)19-9-5-6-12-27-19/h2-13,32H,1,14H2,(H,28,29)/b30-21-. The van der Waals surface area contributed by atoms with Crippen LogP contribution in [0.1, 0.15) is 11.3 Å². The third-order valence-corrected chi connectivity index (χ3v) is 6.22. The van der Waals surface area contributed by atoms with Gasteiger partial charge in [0.05, 0.1) is 21.6 Å². The van der Waals surface area contributed by atoms with Crippen LogP contribution in [0, 0.1) is 0 Å². The second-order valence-electron chi connectivity index (χ2n) is 6.80. The Hall–Kier alpha value is -3.29. The van der Waals surface area contributed by atoms with Crippen LogP contribution in [0.25, 0.3) is 10.2 Å². The number of alkyl halides is 3. The summed E-state index contributed by atoms with van der Waals surface area (Å²) < 4.78 is 46.6. The number of allylic oxidation sites excluding steroid dienone is 1. The number of fused-ring (bicyclic) bond motifs is 1. The van der Waals surface area contributed by atoms with Crippen LogP contribution in [0.2, 0.25) is 0 Å². The van der Waals surface area contributed by atoms with Crippen LogP contribution in [-0.4, -0.2) is 28.2 Å². The molecule has 4 rings (SSSR count). The summed E-state index contributed by atoms with van der Waals surface area (Å²) in [4.78, 5) is 8.82. The first-order valence-electron chi connectivity index (χ1n) is 9.76. The number of halogens is 3. The van der Waals surface area contributed by atoms with Gasteiger partial charge in [0.1, 0.15) is 5.75 Å². The van der Waals surface area contributed by atoms with Crippen LogP contribution in [0.4, 0.5) is 18.3 Å². The number of aromatic nitrogens is 2. The number of pyridine rings is 1. The second kappa shape index (κ2) is 10.1. The molecule has 4 aromatic rings. The van der Waals surface area contributed by atoms with Gasteiger partial charge in [-0.2, -0.15) is 0 Å². The van der Waals surface area contributed by atoms with E-state index in [0.717, 1.165) is 17.0 Å². The molecule has 1 N–H and O–H groups in total. The molecule has 0 saturated heterocycles. The van der Waals surface area contributed by atoms with Gasteiger partial charge in [0, 0.05) is 38.4 Å². The molecule has 2 heterocycles. The maximum atomic E-state index is 12.4. The molecular weight excluding hydrogens is 468 g/mol. The third-order valence-electron chi connectivity index (χ3n) is 4.32. The predicted octanol–water partition coefficient (Wildman–Crippen LogP) is 6.65. The Balaban J connectivity index is 1.43. The van der Waals surface area contributed by atoms with Crippen LogP contribution in [0.5, 0.6) is 5.75 Å². The van der Waals surface area contributed by atoms with Crippen LogP contribution < -0.4 is 10.1 Å². The number of benzene rings is 2. The zero-order valence-electron chi connectivity index (χ0n) is 17.1. The quantitative estimate of drug-likeness (QED) is 0.224. The van der Waals surface area contributed by atoms with Crippen molar-refractivity contribution in [2.45, 2.75) is 6.36 Å². The molecule has 0 aliphatic carbocycles. The molecule has 0 fully saturated rings. The highest BCUT2D eigenvalue weighted by Crippen LogP contribution is 2.32. The largest absolute Gasteiger partial charge is 0.573 e. The van der Waals surface area contributed by atoms with Crippen molar-refractivity contribution < 1.29 is 17.9 Å². The van der Waals surface area contributed by atoms with E-state index in [0.29, 0.717) is 27.2 Å². The topological polar surface area (TPSA) is 59.4 Å². The summed E-state index contributed by atoms with van der Waals surface area (Å²) in [6, 6.07) is 19.6. The van der Waals surface area contributed by atoms with E-state index in [9.17, 15) is 13.2 Å². The monoisotopic (exact) mass is 486 g/mol. The molecule has 0 aliphatic heterocycles. The Morgan fingerprint density at radius 3 is 2.61 bits per heavy atom. The number of thiazole rings is 1. The molecule has 1 unspecified atom stereocenters. The number of rotatable bonds is 8. The Labute approximate surface area is 193 Å². The van der Waals surface area contributed by atoms with E-state index in [4.69, 9.17) is 4.76 Å². The first-order valence-corrected chi connectivity index (χ1v) is 11.7. The Bertz CT molecular complexity index is 1240. The highest BCUT2D eigenvalue weighted by atomic mass is 32.1. The third kappa shape index (κ3) is 6.37. The fourth-order valence-electron chi connectivity index (χ4n) is 2.93. The van der Waals surface area contributed by atoms with Crippen LogP contribution in [0.15, 0.2) is 90.0 Å². The normalized spacial score (nSPS) is 12.4. The SMILES string of the molecule is C=C(CP/N=C(/c1ccccc1)c1ccccn1)Nc1nc2ccc(OC(F)(F)F)cc2s1. The van der Waals surface area contributed by atoms with Crippen LogP contribution in [-0.2, 0) is 0 Å².